The van der Waals surface area contributed by atoms with E-state index in [0.717, 1.165) is 82.0 Å². The van der Waals surface area contributed by atoms with Crippen molar-refractivity contribution in [3.63, 3.8) is 0 Å². The SMILES string of the molecule is CCNC(=NCCCCn1ccccc1=O)N1CCN(c2nc(CC)ns2)CC1. The van der Waals surface area contributed by atoms with E-state index in [4.69, 9.17) is 4.99 Å². The molecule has 1 fully saturated rings. The fraction of sp³-hybridized carbons (Fsp3) is 0.600. The average molecular weight is 418 g/mol. The Morgan fingerprint density at radius 3 is 2.72 bits per heavy atom. The second-order valence-electron chi connectivity index (χ2n) is 7.00. The van der Waals surface area contributed by atoms with E-state index in [2.05, 4.69) is 38.3 Å². The molecule has 0 amide bonds. The van der Waals surface area contributed by atoms with Crippen LogP contribution in [0.1, 0.15) is 32.5 Å². The number of aryl methyl sites for hydroxylation is 2. The Hall–Kier alpha value is -2.42. The third-order valence-electron chi connectivity index (χ3n) is 4.93. The number of guanidine groups is 1. The van der Waals surface area contributed by atoms with Crippen LogP contribution in [0.5, 0.6) is 0 Å². The van der Waals surface area contributed by atoms with E-state index in [-0.39, 0.29) is 5.56 Å². The Morgan fingerprint density at radius 2 is 2.03 bits per heavy atom. The second-order valence-corrected chi connectivity index (χ2v) is 7.73. The van der Waals surface area contributed by atoms with Crippen molar-refractivity contribution in [3.05, 3.63) is 40.6 Å². The largest absolute Gasteiger partial charge is 0.357 e. The first kappa shape index (κ1) is 21.3. The van der Waals surface area contributed by atoms with Crippen LogP contribution in [0.2, 0.25) is 0 Å². The van der Waals surface area contributed by atoms with Gasteiger partial charge in [0.05, 0.1) is 0 Å². The van der Waals surface area contributed by atoms with E-state index in [9.17, 15) is 4.79 Å². The topological polar surface area (TPSA) is 78.7 Å². The molecule has 0 bridgehead atoms. The van der Waals surface area contributed by atoms with E-state index in [1.807, 2.05) is 12.3 Å². The van der Waals surface area contributed by atoms with Gasteiger partial charge in [-0.1, -0.05) is 13.0 Å². The summed E-state index contributed by atoms with van der Waals surface area (Å²) in [6, 6.07) is 5.28. The summed E-state index contributed by atoms with van der Waals surface area (Å²) in [7, 11) is 0. The van der Waals surface area contributed by atoms with Gasteiger partial charge in [0.2, 0.25) is 10.7 Å². The molecular formula is C20H31N7OS. The Kier molecular flexibility index (Phi) is 8.03. The lowest BCUT2D eigenvalue weighted by atomic mass is 10.3. The van der Waals surface area contributed by atoms with Crippen LogP contribution in [0, 0.1) is 0 Å². The van der Waals surface area contributed by atoms with Gasteiger partial charge in [0, 0.05) is 76.0 Å². The van der Waals surface area contributed by atoms with E-state index in [0.29, 0.717) is 0 Å². The first-order valence-corrected chi connectivity index (χ1v) is 11.2. The standard InChI is InChI=1S/C20H31N7OS/c1-3-17-23-20(29-24-17)27-15-13-26(14-16-27)19(21-4-2)22-10-6-8-12-25-11-7-5-9-18(25)28/h5,7,9,11H,3-4,6,8,10,12-16H2,1-2H3,(H,21,22). The summed E-state index contributed by atoms with van der Waals surface area (Å²) in [5.41, 5.74) is 0.0590. The van der Waals surface area contributed by atoms with Crippen molar-refractivity contribution in [2.75, 3.05) is 44.2 Å². The summed E-state index contributed by atoms with van der Waals surface area (Å²) in [6.45, 7) is 10.3. The van der Waals surface area contributed by atoms with Gasteiger partial charge in [0.15, 0.2) is 5.96 Å². The fourth-order valence-corrected chi connectivity index (χ4v) is 4.08. The van der Waals surface area contributed by atoms with Gasteiger partial charge in [0.25, 0.3) is 0 Å². The van der Waals surface area contributed by atoms with Crippen molar-refractivity contribution in [2.45, 2.75) is 39.7 Å². The maximum atomic E-state index is 11.7. The molecule has 9 heteroatoms. The highest BCUT2D eigenvalue weighted by Crippen LogP contribution is 2.19. The van der Waals surface area contributed by atoms with E-state index in [1.165, 1.54) is 11.5 Å². The minimum absolute atomic E-state index is 0.0590. The predicted octanol–water partition coefficient (Wildman–Crippen LogP) is 1.83. The lowest BCUT2D eigenvalue weighted by Gasteiger charge is -2.36. The maximum absolute atomic E-state index is 11.7. The number of aliphatic imine (C=N–C) groups is 1. The molecule has 8 nitrogen and oxygen atoms in total. The maximum Gasteiger partial charge on any atom is 0.250 e. The van der Waals surface area contributed by atoms with Crippen molar-refractivity contribution < 1.29 is 0 Å². The highest BCUT2D eigenvalue weighted by atomic mass is 32.1. The van der Waals surface area contributed by atoms with Gasteiger partial charge in [-0.2, -0.15) is 4.37 Å². The number of nitrogens with zero attached hydrogens (tertiary/aromatic N) is 6. The molecule has 0 atom stereocenters. The van der Waals surface area contributed by atoms with Gasteiger partial charge in [-0.15, -0.1) is 0 Å². The zero-order valence-electron chi connectivity index (χ0n) is 17.4. The van der Waals surface area contributed by atoms with Crippen LogP contribution in [0.3, 0.4) is 0 Å². The lowest BCUT2D eigenvalue weighted by molar-refractivity contribution is 0.372. The van der Waals surface area contributed by atoms with Crippen LogP contribution in [0.4, 0.5) is 5.13 Å². The summed E-state index contributed by atoms with van der Waals surface area (Å²) < 4.78 is 6.15. The zero-order chi connectivity index (χ0) is 20.5. The molecule has 0 unspecified atom stereocenters. The van der Waals surface area contributed by atoms with Crippen LogP contribution >= 0.6 is 11.5 Å². The second kappa shape index (κ2) is 10.9. The lowest BCUT2D eigenvalue weighted by Crippen LogP contribution is -2.52. The van der Waals surface area contributed by atoms with E-state index >= 15 is 0 Å². The first-order chi connectivity index (χ1) is 14.2. The van der Waals surface area contributed by atoms with E-state index < -0.39 is 0 Å². The van der Waals surface area contributed by atoms with Gasteiger partial charge >= 0.3 is 0 Å². The van der Waals surface area contributed by atoms with Crippen molar-refractivity contribution >= 4 is 22.6 Å². The van der Waals surface area contributed by atoms with E-state index in [1.54, 1.807) is 16.7 Å². The molecule has 0 spiro atoms. The quantitative estimate of drug-likeness (QED) is 0.401. The van der Waals surface area contributed by atoms with Gasteiger partial charge < -0.3 is 19.7 Å². The number of anilines is 1. The molecule has 158 valence electrons. The smallest absolute Gasteiger partial charge is 0.250 e. The molecule has 0 radical (unpaired) electrons. The van der Waals surface area contributed by atoms with Crippen LogP contribution in [0.15, 0.2) is 34.2 Å². The third kappa shape index (κ3) is 6.03. The fourth-order valence-electron chi connectivity index (χ4n) is 3.28. The molecule has 0 aliphatic carbocycles. The molecule has 1 aliphatic rings. The molecule has 0 saturated carbocycles. The Labute approximate surface area is 176 Å². The Bertz CT molecular complexity index is 839. The molecule has 1 aliphatic heterocycles. The number of aromatic nitrogens is 3. The summed E-state index contributed by atoms with van der Waals surface area (Å²) >= 11 is 1.50. The van der Waals surface area contributed by atoms with Crippen molar-refractivity contribution in [2.24, 2.45) is 4.99 Å². The molecule has 29 heavy (non-hydrogen) atoms. The summed E-state index contributed by atoms with van der Waals surface area (Å²) in [5.74, 6) is 1.91. The van der Waals surface area contributed by atoms with Crippen LogP contribution in [-0.4, -0.2) is 64.1 Å². The number of nitrogens with one attached hydrogen (secondary N) is 1. The molecule has 2 aromatic rings. The zero-order valence-corrected chi connectivity index (χ0v) is 18.2. The normalized spacial score (nSPS) is 15.0. The molecule has 0 aromatic carbocycles. The first-order valence-electron chi connectivity index (χ1n) is 10.5. The van der Waals surface area contributed by atoms with Crippen molar-refractivity contribution in [3.8, 4) is 0 Å². The summed E-state index contributed by atoms with van der Waals surface area (Å²) in [4.78, 5) is 25.8. The Morgan fingerprint density at radius 1 is 1.21 bits per heavy atom. The molecule has 3 heterocycles. The van der Waals surface area contributed by atoms with Gasteiger partial charge in [-0.05, 0) is 25.8 Å². The highest BCUT2D eigenvalue weighted by molar-refractivity contribution is 7.09. The minimum atomic E-state index is 0.0590. The van der Waals surface area contributed by atoms with Crippen LogP contribution < -0.4 is 15.8 Å². The summed E-state index contributed by atoms with van der Waals surface area (Å²) in [6.07, 6.45) is 4.63. The van der Waals surface area contributed by atoms with Gasteiger partial charge in [-0.25, -0.2) is 4.98 Å². The molecule has 2 aromatic heterocycles. The average Bonchev–Trinajstić information content (AvgIpc) is 3.23. The molecule has 1 N–H and O–H groups in total. The highest BCUT2D eigenvalue weighted by Gasteiger charge is 2.21. The molecule has 3 rings (SSSR count). The number of unbranched alkanes of at least 4 members (excludes halogenated alkanes) is 1. The molecule has 1 saturated heterocycles. The van der Waals surface area contributed by atoms with Crippen molar-refractivity contribution in [1.82, 2.24) is 24.1 Å². The Balaban J connectivity index is 1.46. The van der Waals surface area contributed by atoms with Crippen LogP contribution in [-0.2, 0) is 13.0 Å². The van der Waals surface area contributed by atoms with Crippen molar-refractivity contribution in [1.29, 1.82) is 0 Å². The van der Waals surface area contributed by atoms with Gasteiger partial charge in [0.1, 0.15) is 5.82 Å². The predicted molar refractivity (Wildman–Crippen MR) is 119 cm³/mol. The number of pyridine rings is 1. The number of rotatable bonds is 8. The summed E-state index contributed by atoms with van der Waals surface area (Å²) in [5, 5.41) is 4.44. The van der Waals surface area contributed by atoms with Gasteiger partial charge in [-0.3, -0.25) is 9.79 Å². The monoisotopic (exact) mass is 417 g/mol. The number of piperazine rings is 1. The number of hydrogen-bond acceptors (Lipinski definition) is 6. The molecular weight excluding hydrogens is 386 g/mol. The minimum Gasteiger partial charge on any atom is -0.357 e. The van der Waals surface area contributed by atoms with Crippen LogP contribution in [0.25, 0.3) is 0 Å². The third-order valence-corrected chi connectivity index (χ3v) is 5.74. The number of hydrogen-bond donors (Lipinski definition) is 1.